The summed E-state index contributed by atoms with van der Waals surface area (Å²) in [6.45, 7) is 0. The molecule has 122 valence electrons. The molecule has 0 spiro atoms. The van der Waals surface area contributed by atoms with Gasteiger partial charge in [0.05, 0.1) is 11.4 Å². The van der Waals surface area contributed by atoms with Crippen molar-refractivity contribution in [2.75, 3.05) is 11.5 Å². The van der Waals surface area contributed by atoms with E-state index in [-0.39, 0.29) is 11.8 Å². The molecule has 2 aromatic rings. The number of hydrogen-bond donors (Lipinski definition) is 4. The normalized spacial score (nSPS) is 21.5. The number of oxazole rings is 1. The molecule has 7 nitrogen and oxygen atoms in total. The van der Waals surface area contributed by atoms with Gasteiger partial charge in [0.2, 0.25) is 11.8 Å². The van der Waals surface area contributed by atoms with Gasteiger partial charge in [-0.15, -0.1) is 0 Å². The highest BCUT2D eigenvalue weighted by Gasteiger charge is 2.42. The van der Waals surface area contributed by atoms with Gasteiger partial charge in [-0.2, -0.15) is 0 Å². The SMILES string of the molecule is Nc1ccc(-c2nc(C3(O)CCC3)c(N)o2)nc1C1(O)CCC1. The summed E-state index contributed by atoms with van der Waals surface area (Å²) in [4.78, 5) is 8.79. The van der Waals surface area contributed by atoms with Crippen LogP contribution in [0.2, 0.25) is 0 Å². The minimum atomic E-state index is -0.991. The first-order chi connectivity index (χ1) is 10.9. The molecule has 0 amide bonds. The van der Waals surface area contributed by atoms with E-state index >= 15 is 0 Å². The average molecular weight is 316 g/mol. The summed E-state index contributed by atoms with van der Waals surface area (Å²) < 4.78 is 5.50. The second-order valence-electron chi connectivity index (χ2n) is 6.64. The maximum Gasteiger partial charge on any atom is 0.247 e. The molecule has 2 aliphatic carbocycles. The van der Waals surface area contributed by atoms with E-state index in [1.165, 1.54) is 0 Å². The Balaban J connectivity index is 1.74. The first-order valence-corrected chi connectivity index (χ1v) is 7.90. The minimum Gasteiger partial charge on any atom is -0.419 e. The number of nitrogen functional groups attached to an aromatic ring is 2. The summed E-state index contributed by atoms with van der Waals surface area (Å²) in [5.74, 6) is 0.353. The van der Waals surface area contributed by atoms with Crippen molar-refractivity contribution in [3.8, 4) is 11.6 Å². The number of nitrogens with two attached hydrogens (primary N) is 2. The Hall–Kier alpha value is -2.12. The van der Waals surface area contributed by atoms with Crippen LogP contribution in [-0.4, -0.2) is 20.2 Å². The molecule has 0 saturated heterocycles. The molecular formula is C16H20N4O3. The third-order valence-electron chi connectivity index (χ3n) is 5.04. The van der Waals surface area contributed by atoms with Gasteiger partial charge in [-0.3, -0.25) is 0 Å². The zero-order chi connectivity index (χ0) is 16.2. The van der Waals surface area contributed by atoms with Crippen LogP contribution in [0.15, 0.2) is 16.5 Å². The van der Waals surface area contributed by atoms with Crippen LogP contribution in [0.5, 0.6) is 0 Å². The molecule has 2 aliphatic rings. The molecule has 0 atom stereocenters. The molecular weight excluding hydrogens is 296 g/mol. The molecule has 6 N–H and O–H groups in total. The van der Waals surface area contributed by atoms with E-state index in [4.69, 9.17) is 15.9 Å². The number of nitrogens with zero attached hydrogens (tertiary/aromatic N) is 2. The Labute approximate surface area is 133 Å². The fourth-order valence-corrected chi connectivity index (χ4v) is 3.23. The van der Waals surface area contributed by atoms with Crippen LogP contribution in [0.3, 0.4) is 0 Å². The second kappa shape index (κ2) is 4.69. The third kappa shape index (κ3) is 2.11. The summed E-state index contributed by atoms with van der Waals surface area (Å²) in [5, 5.41) is 20.9. The lowest BCUT2D eigenvalue weighted by atomic mass is 9.77. The minimum absolute atomic E-state index is 0.115. The van der Waals surface area contributed by atoms with Crippen molar-refractivity contribution in [1.29, 1.82) is 0 Å². The molecule has 0 bridgehead atoms. The molecule has 0 unspecified atom stereocenters. The molecule has 0 aromatic carbocycles. The Morgan fingerprint density at radius 1 is 0.913 bits per heavy atom. The number of rotatable bonds is 3. The summed E-state index contributed by atoms with van der Waals surface area (Å²) in [6, 6.07) is 3.37. The van der Waals surface area contributed by atoms with Gasteiger partial charge in [0.15, 0.2) is 0 Å². The lowest BCUT2D eigenvalue weighted by molar-refractivity contribution is -0.0422. The van der Waals surface area contributed by atoms with Crippen LogP contribution in [0.4, 0.5) is 11.6 Å². The van der Waals surface area contributed by atoms with E-state index in [2.05, 4.69) is 9.97 Å². The largest absolute Gasteiger partial charge is 0.419 e. The summed E-state index contributed by atoms with van der Waals surface area (Å²) in [6.07, 6.45) is 4.44. The van der Waals surface area contributed by atoms with Gasteiger partial charge in [0.1, 0.15) is 22.6 Å². The van der Waals surface area contributed by atoms with Crippen molar-refractivity contribution in [2.24, 2.45) is 0 Å². The van der Waals surface area contributed by atoms with E-state index < -0.39 is 11.2 Å². The van der Waals surface area contributed by atoms with E-state index in [0.717, 1.165) is 12.8 Å². The molecule has 0 radical (unpaired) electrons. The fraction of sp³-hybridized carbons (Fsp3) is 0.500. The molecule has 7 heteroatoms. The van der Waals surface area contributed by atoms with Gasteiger partial charge in [0.25, 0.3) is 0 Å². The maximum atomic E-state index is 10.5. The van der Waals surface area contributed by atoms with E-state index in [1.807, 2.05) is 0 Å². The van der Waals surface area contributed by atoms with Crippen molar-refractivity contribution in [3.05, 3.63) is 23.5 Å². The number of anilines is 2. The lowest BCUT2D eigenvalue weighted by Gasteiger charge is -2.36. The van der Waals surface area contributed by atoms with Crippen molar-refractivity contribution < 1.29 is 14.6 Å². The van der Waals surface area contributed by atoms with Crippen molar-refractivity contribution in [1.82, 2.24) is 9.97 Å². The zero-order valence-corrected chi connectivity index (χ0v) is 12.7. The molecule has 0 aliphatic heterocycles. The van der Waals surface area contributed by atoms with Crippen LogP contribution in [0, 0.1) is 0 Å². The number of aromatic nitrogens is 2. The Bertz CT molecular complexity index is 763. The van der Waals surface area contributed by atoms with E-state index in [9.17, 15) is 10.2 Å². The van der Waals surface area contributed by atoms with E-state index in [1.54, 1.807) is 12.1 Å². The van der Waals surface area contributed by atoms with Crippen LogP contribution in [0.25, 0.3) is 11.6 Å². The number of pyridine rings is 1. The molecule has 23 heavy (non-hydrogen) atoms. The highest BCUT2D eigenvalue weighted by atomic mass is 16.4. The standard InChI is InChI=1S/C16H20N4O3/c17-9-3-4-10(19-11(9)15(21)5-1-6-15)14-20-12(13(18)23-14)16(22)7-2-8-16/h3-4,21-22H,1-2,5-8,17-18H2. The van der Waals surface area contributed by atoms with Gasteiger partial charge in [-0.1, -0.05) is 0 Å². The molecule has 2 aromatic heterocycles. The Morgan fingerprint density at radius 2 is 1.52 bits per heavy atom. The van der Waals surface area contributed by atoms with Gasteiger partial charge in [-0.25, -0.2) is 9.97 Å². The predicted molar refractivity (Wildman–Crippen MR) is 84.1 cm³/mol. The smallest absolute Gasteiger partial charge is 0.247 e. The van der Waals surface area contributed by atoms with Gasteiger partial charge in [-0.05, 0) is 50.7 Å². The first-order valence-electron chi connectivity index (χ1n) is 7.90. The second-order valence-corrected chi connectivity index (χ2v) is 6.64. The summed E-state index contributed by atoms with van der Waals surface area (Å²) in [5.41, 5.74) is 11.6. The molecule has 2 heterocycles. The number of aliphatic hydroxyl groups is 2. The van der Waals surface area contributed by atoms with Crippen molar-refractivity contribution in [2.45, 2.75) is 49.7 Å². The monoisotopic (exact) mass is 316 g/mol. The van der Waals surface area contributed by atoms with Crippen LogP contribution in [0.1, 0.15) is 49.9 Å². The first kappa shape index (κ1) is 14.5. The van der Waals surface area contributed by atoms with Crippen LogP contribution < -0.4 is 11.5 Å². The maximum absolute atomic E-state index is 10.5. The molecule has 4 rings (SSSR count). The molecule has 2 fully saturated rings. The Morgan fingerprint density at radius 3 is 2.09 bits per heavy atom. The topological polar surface area (TPSA) is 131 Å². The number of hydrogen-bond acceptors (Lipinski definition) is 7. The van der Waals surface area contributed by atoms with Gasteiger partial charge < -0.3 is 26.1 Å². The van der Waals surface area contributed by atoms with Gasteiger partial charge in [0, 0.05) is 0 Å². The molecule has 2 saturated carbocycles. The lowest BCUT2D eigenvalue weighted by Crippen LogP contribution is -2.35. The van der Waals surface area contributed by atoms with Crippen molar-refractivity contribution >= 4 is 11.6 Å². The summed E-state index contributed by atoms with van der Waals surface area (Å²) in [7, 11) is 0. The quantitative estimate of drug-likeness (QED) is 0.677. The highest BCUT2D eigenvalue weighted by Crippen LogP contribution is 2.45. The average Bonchev–Trinajstić information content (AvgIpc) is 2.85. The Kier molecular flexibility index (Phi) is 2.95. The third-order valence-corrected chi connectivity index (χ3v) is 5.04. The van der Waals surface area contributed by atoms with Crippen LogP contribution >= 0.6 is 0 Å². The predicted octanol–water partition coefficient (Wildman–Crippen LogP) is 1.64. The van der Waals surface area contributed by atoms with Crippen molar-refractivity contribution in [3.63, 3.8) is 0 Å². The zero-order valence-electron chi connectivity index (χ0n) is 12.7. The van der Waals surface area contributed by atoms with Gasteiger partial charge >= 0.3 is 0 Å². The van der Waals surface area contributed by atoms with E-state index in [0.29, 0.717) is 48.5 Å². The fourth-order valence-electron chi connectivity index (χ4n) is 3.23. The highest BCUT2D eigenvalue weighted by molar-refractivity contribution is 5.58. The summed E-state index contributed by atoms with van der Waals surface area (Å²) >= 11 is 0. The van der Waals surface area contributed by atoms with Crippen LogP contribution in [-0.2, 0) is 11.2 Å².